The van der Waals surface area contributed by atoms with E-state index in [1.54, 1.807) is 34.3 Å². The second-order valence-corrected chi connectivity index (χ2v) is 16.1. The number of aromatic hydroxyl groups is 2. The van der Waals surface area contributed by atoms with Crippen LogP contribution in [0.3, 0.4) is 0 Å². The third-order valence-electron chi connectivity index (χ3n) is 11.9. The average Bonchev–Trinajstić information content (AvgIpc) is 3.34. The Morgan fingerprint density at radius 2 is 0.909 bits per heavy atom. The molecule has 0 saturated heterocycles. The highest BCUT2D eigenvalue weighted by molar-refractivity contribution is 5.97. The van der Waals surface area contributed by atoms with Gasteiger partial charge in [0.2, 0.25) is 10.9 Å². The van der Waals surface area contributed by atoms with Gasteiger partial charge in [0.05, 0.1) is 13.2 Å². The molecule has 66 heavy (non-hydrogen) atoms. The zero-order valence-electron chi connectivity index (χ0n) is 35.2. The molecule has 0 unspecified atom stereocenters. The fourth-order valence-corrected chi connectivity index (χ4v) is 8.81. The molecule has 10 rings (SSSR count). The van der Waals surface area contributed by atoms with Crippen molar-refractivity contribution in [3.05, 3.63) is 187 Å². The molecule has 340 valence electrons. The summed E-state index contributed by atoms with van der Waals surface area (Å²) in [4.78, 5) is 53.7. The summed E-state index contributed by atoms with van der Waals surface area (Å²) in [5, 5.41) is 24.4. The summed E-state index contributed by atoms with van der Waals surface area (Å²) in [5.41, 5.74) is 0.102. The SMILES string of the molecule is O=C1c2c(O)c(=O)ccn2N2CN1CCCCOc1ccc(F)cc1[C@@H]2c1cccc(F)c1.O=C1c2c(O)c(=O)ccn2N2CN1CCCCOc1ccc(F)cc1[C@H]2c1cccc(F)c1. The molecule has 0 fully saturated rings. The van der Waals surface area contributed by atoms with Gasteiger partial charge in [0.1, 0.15) is 60.2 Å². The molecule has 0 spiro atoms. The maximum absolute atomic E-state index is 14.5. The fraction of sp³-hybridized carbons (Fsp3) is 0.250. The minimum atomic E-state index is -0.791. The molecule has 0 saturated carbocycles. The van der Waals surface area contributed by atoms with E-state index in [1.165, 1.54) is 92.2 Å². The van der Waals surface area contributed by atoms with E-state index in [2.05, 4.69) is 0 Å². The number of carbonyl (C=O) groups is 2. The van der Waals surface area contributed by atoms with Crippen LogP contribution in [0, 0.1) is 23.3 Å². The molecule has 6 heterocycles. The smallest absolute Gasteiger partial charge is 0.277 e. The third kappa shape index (κ3) is 8.25. The number of hydrogen-bond acceptors (Lipinski definition) is 10. The van der Waals surface area contributed by atoms with Crippen LogP contribution in [0.25, 0.3) is 0 Å². The molecule has 0 aliphatic carbocycles. The van der Waals surface area contributed by atoms with Crippen LogP contribution in [0.2, 0.25) is 0 Å². The third-order valence-corrected chi connectivity index (χ3v) is 11.9. The summed E-state index contributed by atoms with van der Waals surface area (Å²) in [6.07, 6.45) is 5.30. The number of ether oxygens (including phenoxy) is 2. The van der Waals surface area contributed by atoms with Gasteiger partial charge in [-0.1, -0.05) is 24.3 Å². The molecular formula is C48H42F4N6O8. The van der Waals surface area contributed by atoms with Crippen molar-refractivity contribution in [1.82, 2.24) is 19.2 Å². The molecule has 4 aromatic carbocycles. The van der Waals surface area contributed by atoms with Crippen LogP contribution in [0.15, 0.2) is 119 Å². The van der Waals surface area contributed by atoms with Gasteiger partial charge in [-0.2, -0.15) is 0 Å². The molecule has 14 nitrogen and oxygen atoms in total. The Labute approximate surface area is 374 Å². The van der Waals surface area contributed by atoms with Gasteiger partial charge < -0.3 is 29.5 Å². The molecule has 2 aromatic heterocycles. The quantitative estimate of drug-likeness (QED) is 0.190. The Balaban J connectivity index is 0.000000166. The van der Waals surface area contributed by atoms with Gasteiger partial charge in [-0.25, -0.2) is 17.6 Å². The second-order valence-electron chi connectivity index (χ2n) is 16.1. The molecule has 6 aromatic rings. The summed E-state index contributed by atoms with van der Waals surface area (Å²) in [7, 11) is 0. The van der Waals surface area contributed by atoms with E-state index >= 15 is 0 Å². The highest BCUT2D eigenvalue weighted by Crippen LogP contribution is 2.40. The van der Waals surface area contributed by atoms with E-state index in [0.717, 1.165) is 12.1 Å². The van der Waals surface area contributed by atoms with E-state index in [-0.39, 0.29) is 24.7 Å². The lowest BCUT2D eigenvalue weighted by Gasteiger charge is -2.44. The summed E-state index contributed by atoms with van der Waals surface area (Å²) >= 11 is 0. The van der Waals surface area contributed by atoms with Crippen LogP contribution < -0.4 is 30.3 Å². The van der Waals surface area contributed by atoms with E-state index in [4.69, 9.17) is 9.47 Å². The van der Waals surface area contributed by atoms with Gasteiger partial charge in [-0.3, -0.25) is 38.5 Å². The predicted octanol–water partition coefficient (Wildman–Crippen LogP) is 6.29. The number of halogens is 4. The highest BCUT2D eigenvalue weighted by Gasteiger charge is 2.40. The van der Waals surface area contributed by atoms with Crippen molar-refractivity contribution < 1.29 is 46.8 Å². The van der Waals surface area contributed by atoms with E-state index in [9.17, 15) is 47.0 Å². The Morgan fingerprint density at radius 1 is 0.500 bits per heavy atom. The van der Waals surface area contributed by atoms with E-state index in [0.29, 0.717) is 85.7 Å². The lowest BCUT2D eigenvalue weighted by atomic mass is 9.96. The molecular weight excluding hydrogens is 865 g/mol. The number of amides is 2. The Kier molecular flexibility index (Phi) is 11.9. The first-order chi connectivity index (χ1) is 31.9. The first kappa shape index (κ1) is 43.5. The standard InChI is InChI=1S/2C24H21F2N3O4/c2*25-16-5-3-4-15(12-16)21-18-13-17(26)6-7-20(18)33-11-2-1-9-27-14-29(21)28-10-8-19(30)23(31)22(28)24(27)32/h2*3-8,10,12-13,21,31H,1-2,9,11,14H2/t2*21-/m10/s1. The van der Waals surface area contributed by atoms with Gasteiger partial charge in [0, 0.05) is 48.7 Å². The minimum absolute atomic E-state index is 0.0747. The molecule has 2 amide bonds. The number of rotatable bonds is 2. The van der Waals surface area contributed by atoms with Crippen LogP contribution in [-0.2, 0) is 0 Å². The van der Waals surface area contributed by atoms with Crippen LogP contribution in [0.5, 0.6) is 23.0 Å². The maximum Gasteiger partial charge on any atom is 0.277 e. The average molecular weight is 907 g/mol. The molecule has 0 radical (unpaired) electrons. The van der Waals surface area contributed by atoms with Crippen molar-refractivity contribution in [2.24, 2.45) is 0 Å². The van der Waals surface area contributed by atoms with Crippen molar-refractivity contribution in [2.75, 3.05) is 49.7 Å². The first-order valence-electron chi connectivity index (χ1n) is 21.2. The largest absolute Gasteiger partial charge is 0.502 e. The number of carbonyl (C=O) groups excluding carboxylic acids is 2. The van der Waals surface area contributed by atoms with Crippen LogP contribution in [0.4, 0.5) is 17.6 Å². The van der Waals surface area contributed by atoms with Gasteiger partial charge in [0.15, 0.2) is 22.9 Å². The Hall–Kier alpha value is -7.76. The van der Waals surface area contributed by atoms with Gasteiger partial charge in [-0.05, 0) is 97.5 Å². The number of benzene rings is 4. The van der Waals surface area contributed by atoms with Crippen molar-refractivity contribution in [3.63, 3.8) is 0 Å². The lowest BCUT2D eigenvalue weighted by molar-refractivity contribution is 0.0669. The monoisotopic (exact) mass is 906 g/mol. The number of nitrogens with zero attached hydrogens (tertiary/aromatic N) is 6. The first-order valence-corrected chi connectivity index (χ1v) is 21.2. The number of fused-ring (bicyclic) bond motifs is 10. The van der Waals surface area contributed by atoms with Gasteiger partial charge in [0.25, 0.3) is 11.8 Å². The van der Waals surface area contributed by atoms with Crippen LogP contribution in [-0.4, -0.2) is 80.8 Å². The lowest BCUT2D eigenvalue weighted by Crippen LogP contribution is -2.55. The molecule has 2 atom stereocenters. The van der Waals surface area contributed by atoms with Gasteiger partial charge >= 0.3 is 0 Å². The maximum atomic E-state index is 14.5. The van der Waals surface area contributed by atoms with Crippen molar-refractivity contribution in [2.45, 2.75) is 37.8 Å². The van der Waals surface area contributed by atoms with Crippen LogP contribution in [0.1, 0.15) is 81.0 Å². The normalized spacial score (nSPS) is 18.1. The van der Waals surface area contributed by atoms with Crippen molar-refractivity contribution in [1.29, 1.82) is 0 Å². The predicted molar refractivity (Wildman–Crippen MR) is 232 cm³/mol. The Bertz CT molecular complexity index is 2780. The second kappa shape index (κ2) is 18.0. The van der Waals surface area contributed by atoms with E-state index in [1.807, 2.05) is 0 Å². The van der Waals surface area contributed by atoms with Crippen molar-refractivity contribution >= 4 is 11.8 Å². The molecule has 4 aliphatic heterocycles. The van der Waals surface area contributed by atoms with Crippen LogP contribution >= 0.6 is 0 Å². The fourth-order valence-electron chi connectivity index (χ4n) is 8.81. The summed E-state index contributed by atoms with van der Waals surface area (Å²) < 4.78 is 72.2. The number of hydrogen-bond donors (Lipinski definition) is 2. The summed E-state index contributed by atoms with van der Waals surface area (Å²) in [6.45, 7) is 1.58. The summed E-state index contributed by atoms with van der Waals surface area (Å²) in [6, 6.07) is 20.8. The number of aromatic nitrogens is 2. The molecule has 4 aliphatic rings. The highest BCUT2D eigenvalue weighted by atomic mass is 19.1. The number of pyridine rings is 2. The summed E-state index contributed by atoms with van der Waals surface area (Å²) in [5.74, 6) is -3.39. The zero-order valence-corrected chi connectivity index (χ0v) is 35.2. The van der Waals surface area contributed by atoms with Gasteiger partial charge in [-0.15, -0.1) is 0 Å². The minimum Gasteiger partial charge on any atom is -0.502 e. The zero-order chi connectivity index (χ0) is 46.2. The molecule has 4 bridgehead atoms. The molecule has 2 N–H and O–H groups in total. The Morgan fingerprint density at radius 3 is 1.32 bits per heavy atom. The van der Waals surface area contributed by atoms with Crippen molar-refractivity contribution in [3.8, 4) is 23.0 Å². The van der Waals surface area contributed by atoms with E-state index < -0.39 is 69.5 Å². The molecule has 18 heteroatoms. The topological polar surface area (TPSA) is 150 Å².